The number of carbonyl (C=O) groups excluding carboxylic acids is 2. The summed E-state index contributed by atoms with van der Waals surface area (Å²) in [6, 6.07) is 7.16. The molecule has 0 saturated carbocycles. The molecule has 1 N–H and O–H groups in total. The van der Waals surface area contributed by atoms with Crippen LogP contribution in [0.15, 0.2) is 41.4 Å². The molecule has 0 fully saturated rings. The van der Waals surface area contributed by atoms with Crippen LogP contribution in [0, 0.1) is 0 Å². The first-order valence-corrected chi connectivity index (χ1v) is 10.1. The topological polar surface area (TPSA) is 111 Å². The molecule has 1 atom stereocenters. The molecule has 1 heterocycles. The lowest BCUT2D eigenvalue weighted by Gasteiger charge is -2.16. The van der Waals surface area contributed by atoms with E-state index in [2.05, 4.69) is 10.4 Å². The van der Waals surface area contributed by atoms with E-state index in [-0.39, 0.29) is 16.5 Å². The Morgan fingerprint density at radius 2 is 1.86 bits per heavy atom. The Bertz CT molecular complexity index is 966. The molecule has 1 aromatic carbocycles. The highest BCUT2D eigenvalue weighted by Crippen LogP contribution is 2.17. The van der Waals surface area contributed by atoms with Crippen LogP contribution in [0.25, 0.3) is 0 Å². The Morgan fingerprint density at radius 3 is 2.46 bits per heavy atom. The number of amides is 1. The average Bonchev–Trinajstić information content (AvgIpc) is 3.09. The average molecular weight is 408 g/mol. The fraction of sp³-hybridized carbons (Fsp3) is 0.389. The van der Waals surface area contributed by atoms with E-state index in [0.717, 1.165) is 4.31 Å². The summed E-state index contributed by atoms with van der Waals surface area (Å²) in [4.78, 5) is 24.7. The Labute approximate surface area is 164 Å². The van der Waals surface area contributed by atoms with E-state index in [1.54, 1.807) is 16.9 Å². The van der Waals surface area contributed by atoms with Crippen LogP contribution in [-0.2, 0) is 19.6 Å². The van der Waals surface area contributed by atoms with E-state index < -0.39 is 28.0 Å². The number of hydrogen-bond acceptors (Lipinski definition) is 6. The molecule has 2 aromatic rings. The number of sulfonamides is 1. The van der Waals surface area contributed by atoms with Gasteiger partial charge in [-0.3, -0.25) is 4.79 Å². The van der Waals surface area contributed by atoms with E-state index in [1.165, 1.54) is 45.3 Å². The van der Waals surface area contributed by atoms with Crippen molar-refractivity contribution in [1.82, 2.24) is 14.1 Å². The second-order valence-electron chi connectivity index (χ2n) is 6.61. The van der Waals surface area contributed by atoms with Crippen LogP contribution in [0.2, 0.25) is 0 Å². The van der Waals surface area contributed by atoms with Gasteiger partial charge < -0.3 is 10.1 Å². The molecule has 0 unspecified atom stereocenters. The zero-order chi connectivity index (χ0) is 21.1. The van der Waals surface area contributed by atoms with Crippen molar-refractivity contribution in [1.29, 1.82) is 0 Å². The van der Waals surface area contributed by atoms with Crippen molar-refractivity contribution in [2.75, 3.05) is 19.4 Å². The predicted molar refractivity (Wildman–Crippen MR) is 103 cm³/mol. The molecule has 0 bridgehead atoms. The maximum Gasteiger partial charge on any atom is 0.338 e. The highest BCUT2D eigenvalue weighted by molar-refractivity contribution is 7.89. The minimum Gasteiger partial charge on any atom is -0.449 e. The first-order valence-electron chi connectivity index (χ1n) is 8.62. The van der Waals surface area contributed by atoms with Gasteiger partial charge in [0, 0.05) is 26.2 Å². The lowest BCUT2D eigenvalue weighted by molar-refractivity contribution is -0.123. The summed E-state index contributed by atoms with van der Waals surface area (Å²) in [5.41, 5.74) is 0.0368. The number of rotatable bonds is 7. The highest BCUT2D eigenvalue weighted by Gasteiger charge is 2.23. The van der Waals surface area contributed by atoms with Crippen LogP contribution in [0.3, 0.4) is 0 Å². The van der Waals surface area contributed by atoms with Gasteiger partial charge in [0.1, 0.15) is 5.82 Å². The van der Waals surface area contributed by atoms with Gasteiger partial charge in [-0.05, 0) is 39.0 Å². The van der Waals surface area contributed by atoms with Gasteiger partial charge in [-0.25, -0.2) is 22.2 Å². The number of nitrogens with zero attached hydrogens (tertiary/aromatic N) is 3. The van der Waals surface area contributed by atoms with E-state index in [9.17, 15) is 18.0 Å². The Morgan fingerprint density at radius 1 is 1.18 bits per heavy atom. The molecule has 0 aliphatic rings. The molecular formula is C18H24N4O5S. The van der Waals surface area contributed by atoms with Crippen molar-refractivity contribution in [3.8, 4) is 0 Å². The standard InChI is InChI=1S/C18H24N4O5S/c1-12(2)22-16(9-10-19-22)20-17(23)13(3)27-18(24)14-7-6-8-15(11-14)28(25,26)21(4)5/h6-13H,1-5H3,(H,20,23)/t13-/m1/s1. The summed E-state index contributed by atoms with van der Waals surface area (Å²) >= 11 is 0. The van der Waals surface area contributed by atoms with Gasteiger partial charge in [-0.15, -0.1) is 0 Å². The van der Waals surface area contributed by atoms with Crippen molar-refractivity contribution in [3.63, 3.8) is 0 Å². The largest absolute Gasteiger partial charge is 0.449 e. The normalized spacial score (nSPS) is 12.8. The predicted octanol–water partition coefficient (Wildman–Crippen LogP) is 1.90. The van der Waals surface area contributed by atoms with Gasteiger partial charge in [0.2, 0.25) is 10.0 Å². The van der Waals surface area contributed by atoms with Gasteiger partial charge in [0.15, 0.2) is 6.10 Å². The molecule has 1 aromatic heterocycles. The maximum atomic E-state index is 12.4. The Kier molecular flexibility index (Phi) is 6.57. The van der Waals surface area contributed by atoms with Gasteiger partial charge >= 0.3 is 5.97 Å². The lowest BCUT2D eigenvalue weighted by atomic mass is 10.2. The molecule has 2 rings (SSSR count). The first-order chi connectivity index (χ1) is 13.0. The monoisotopic (exact) mass is 408 g/mol. The molecule has 0 saturated heterocycles. The number of ether oxygens (including phenoxy) is 1. The number of aromatic nitrogens is 2. The quantitative estimate of drug-likeness (QED) is 0.701. The third kappa shape index (κ3) is 4.76. The van der Waals surface area contributed by atoms with Crippen LogP contribution in [0.5, 0.6) is 0 Å². The summed E-state index contributed by atoms with van der Waals surface area (Å²) in [6.07, 6.45) is 0.473. The number of nitrogens with one attached hydrogen (secondary N) is 1. The first kappa shape index (κ1) is 21.6. The fourth-order valence-electron chi connectivity index (χ4n) is 2.33. The molecule has 0 aliphatic heterocycles. The second kappa shape index (κ2) is 8.53. The molecule has 0 radical (unpaired) electrons. The van der Waals surface area contributed by atoms with E-state index in [4.69, 9.17) is 4.74 Å². The SMILES string of the molecule is CC(C)n1nccc1NC(=O)[C@@H](C)OC(=O)c1cccc(S(=O)(=O)N(C)C)c1. The molecule has 0 spiro atoms. The number of carbonyl (C=O) groups is 2. The van der Waals surface area contributed by atoms with Gasteiger partial charge in [0.25, 0.3) is 5.91 Å². The third-order valence-electron chi connectivity index (χ3n) is 3.91. The minimum absolute atomic E-state index is 0.0368. The zero-order valence-electron chi connectivity index (χ0n) is 16.4. The third-order valence-corrected chi connectivity index (χ3v) is 5.72. The summed E-state index contributed by atoms with van der Waals surface area (Å²) in [5.74, 6) is -0.828. The van der Waals surface area contributed by atoms with E-state index in [1.807, 2.05) is 13.8 Å². The molecular weight excluding hydrogens is 384 g/mol. The number of benzene rings is 1. The Hall–Kier alpha value is -2.72. The molecule has 28 heavy (non-hydrogen) atoms. The number of esters is 1. The summed E-state index contributed by atoms with van der Waals surface area (Å²) in [7, 11) is -0.894. The number of anilines is 1. The molecule has 152 valence electrons. The van der Waals surface area contributed by atoms with Crippen molar-refractivity contribution >= 4 is 27.7 Å². The molecule has 1 amide bonds. The molecule has 0 aliphatic carbocycles. The smallest absolute Gasteiger partial charge is 0.338 e. The fourth-order valence-corrected chi connectivity index (χ4v) is 3.28. The van der Waals surface area contributed by atoms with Crippen molar-refractivity contribution in [3.05, 3.63) is 42.1 Å². The van der Waals surface area contributed by atoms with E-state index >= 15 is 0 Å². The lowest BCUT2D eigenvalue weighted by Crippen LogP contribution is -2.31. The van der Waals surface area contributed by atoms with Crippen LogP contribution < -0.4 is 5.32 Å². The second-order valence-corrected chi connectivity index (χ2v) is 8.76. The summed E-state index contributed by atoms with van der Waals surface area (Å²) < 4.78 is 32.3. The summed E-state index contributed by atoms with van der Waals surface area (Å²) in [5, 5.41) is 6.78. The van der Waals surface area contributed by atoms with Crippen molar-refractivity contribution in [2.45, 2.75) is 37.8 Å². The van der Waals surface area contributed by atoms with Crippen LogP contribution >= 0.6 is 0 Å². The van der Waals surface area contributed by atoms with E-state index in [0.29, 0.717) is 5.82 Å². The maximum absolute atomic E-state index is 12.4. The van der Waals surface area contributed by atoms with Crippen LogP contribution in [0.4, 0.5) is 5.82 Å². The van der Waals surface area contributed by atoms with Crippen LogP contribution in [-0.4, -0.2) is 54.6 Å². The van der Waals surface area contributed by atoms with Crippen molar-refractivity contribution in [2.24, 2.45) is 0 Å². The summed E-state index contributed by atoms with van der Waals surface area (Å²) in [6.45, 7) is 5.27. The van der Waals surface area contributed by atoms with Gasteiger partial charge in [-0.1, -0.05) is 6.07 Å². The minimum atomic E-state index is -3.69. The van der Waals surface area contributed by atoms with Crippen LogP contribution in [0.1, 0.15) is 37.2 Å². The highest BCUT2D eigenvalue weighted by atomic mass is 32.2. The van der Waals surface area contributed by atoms with Gasteiger partial charge in [0.05, 0.1) is 16.7 Å². The Balaban J connectivity index is 2.10. The molecule has 9 nitrogen and oxygen atoms in total. The molecule has 10 heteroatoms. The number of hydrogen-bond donors (Lipinski definition) is 1. The van der Waals surface area contributed by atoms with Crippen molar-refractivity contribution < 1.29 is 22.7 Å². The van der Waals surface area contributed by atoms with Gasteiger partial charge in [-0.2, -0.15) is 5.10 Å². The zero-order valence-corrected chi connectivity index (χ0v) is 17.2.